The molecule has 2 unspecified atom stereocenters. The van der Waals surface area contributed by atoms with Gasteiger partial charge >= 0.3 is 0 Å². The van der Waals surface area contributed by atoms with E-state index in [2.05, 4.69) is 37.2 Å². The number of carbonyl (C=O) groups is 1. The number of alkyl halides is 1. The highest BCUT2D eigenvalue weighted by atomic mass is 79.9. The Bertz CT molecular complexity index is 453. The van der Waals surface area contributed by atoms with E-state index < -0.39 is 0 Å². The van der Waals surface area contributed by atoms with Crippen LogP contribution in [0.25, 0.3) is 0 Å². The molecular weight excluding hydrogens is 381 g/mol. The summed E-state index contributed by atoms with van der Waals surface area (Å²) in [5.41, 5.74) is 0.629. The second-order valence-electron chi connectivity index (χ2n) is 4.50. The van der Waals surface area contributed by atoms with E-state index in [0.717, 1.165) is 17.3 Å². The third-order valence-corrected chi connectivity index (χ3v) is 5.16. The fraction of sp³-hybridized carbons (Fsp3) is 0.462. The lowest BCUT2D eigenvalue weighted by Crippen LogP contribution is -2.42. The minimum Gasteiger partial charge on any atom is -0.348 e. The Morgan fingerprint density at radius 1 is 1.33 bits per heavy atom. The number of nitrogens with one attached hydrogen (secondary N) is 1. The van der Waals surface area contributed by atoms with Crippen LogP contribution in [-0.4, -0.2) is 16.8 Å². The van der Waals surface area contributed by atoms with Gasteiger partial charge in [0, 0.05) is 20.4 Å². The summed E-state index contributed by atoms with van der Waals surface area (Å²) in [5.74, 6) is -0.0464. The number of hydrogen-bond donors (Lipinski definition) is 1. The highest BCUT2D eigenvalue weighted by molar-refractivity contribution is 9.10. The minimum absolute atomic E-state index is 0.0464. The van der Waals surface area contributed by atoms with Gasteiger partial charge in [0.25, 0.3) is 5.91 Å². The summed E-state index contributed by atoms with van der Waals surface area (Å²) in [6, 6.07) is 5.43. The summed E-state index contributed by atoms with van der Waals surface area (Å²) in [6.45, 7) is 0. The quantitative estimate of drug-likeness (QED) is 0.732. The molecule has 0 spiro atoms. The van der Waals surface area contributed by atoms with E-state index in [4.69, 9.17) is 11.6 Å². The fourth-order valence-electron chi connectivity index (χ4n) is 2.17. The molecule has 1 N–H and O–H groups in total. The van der Waals surface area contributed by atoms with Gasteiger partial charge in [-0.05, 0) is 47.0 Å². The van der Waals surface area contributed by atoms with Crippen molar-refractivity contribution in [3.05, 3.63) is 33.3 Å². The highest BCUT2D eigenvalue weighted by Gasteiger charge is 2.25. The predicted octanol–water partition coefficient (Wildman–Crippen LogP) is 4.54. The van der Waals surface area contributed by atoms with Crippen molar-refractivity contribution in [2.24, 2.45) is 0 Å². The molecule has 1 fully saturated rings. The van der Waals surface area contributed by atoms with Gasteiger partial charge in [-0.2, -0.15) is 0 Å². The SMILES string of the molecule is O=C(NC1CCCCC1Br)c1ccc(Cl)cc1Br. The zero-order chi connectivity index (χ0) is 13.1. The molecule has 0 radical (unpaired) electrons. The standard InChI is InChI=1S/C13H14Br2ClNO/c14-10-3-1-2-4-12(10)17-13(18)9-6-5-8(16)7-11(9)15/h5-7,10,12H,1-4H2,(H,17,18). The molecule has 1 aromatic carbocycles. The molecule has 1 aromatic rings. The molecule has 0 saturated heterocycles. The average molecular weight is 396 g/mol. The lowest BCUT2D eigenvalue weighted by atomic mass is 9.95. The molecule has 0 heterocycles. The number of hydrogen-bond acceptors (Lipinski definition) is 1. The Balaban J connectivity index is 2.07. The number of halogens is 3. The van der Waals surface area contributed by atoms with E-state index in [9.17, 15) is 4.79 Å². The molecule has 98 valence electrons. The van der Waals surface area contributed by atoms with E-state index in [0.29, 0.717) is 15.4 Å². The first-order valence-electron chi connectivity index (χ1n) is 5.98. The normalized spacial score (nSPS) is 23.7. The van der Waals surface area contributed by atoms with E-state index in [1.165, 1.54) is 12.8 Å². The van der Waals surface area contributed by atoms with Crippen LogP contribution in [0, 0.1) is 0 Å². The Morgan fingerprint density at radius 3 is 2.72 bits per heavy atom. The van der Waals surface area contributed by atoms with Crippen LogP contribution in [0.2, 0.25) is 5.02 Å². The maximum absolute atomic E-state index is 12.2. The summed E-state index contributed by atoms with van der Waals surface area (Å²) in [4.78, 5) is 12.6. The lowest BCUT2D eigenvalue weighted by molar-refractivity contribution is 0.0929. The van der Waals surface area contributed by atoms with Crippen LogP contribution in [-0.2, 0) is 0 Å². The van der Waals surface area contributed by atoms with Crippen molar-refractivity contribution in [3.63, 3.8) is 0 Å². The molecule has 18 heavy (non-hydrogen) atoms. The number of rotatable bonds is 2. The van der Waals surface area contributed by atoms with E-state index >= 15 is 0 Å². The maximum atomic E-state index is 12.2. The van der Waals surface area contributed by atoms with Crippen molar-refractivity contribution >= 4 is 49.4 Å². The first-order chi connectivity index (χ1) is 8.58. The van der Waals surface area contributed by atoms with Gasteiger partial charge in [0.1, 0.15) is 0 Å². The van der Waals surface area contributed by atoms with E-state index in [-0.39, 0.29) is 11.9 Å². The third kappa shape index (κ3) is 3.49. The van der Waals surface area contributed by atoms with Crippen molar-refractivity contribution in [2.75, 3.05) is 0 Å². The minimum atomic E-state index is -0.0464. The van der Waals surface area contributed by atoms with Gasteiger partial charge < -0.3 is 5.32 Å². The van der Waals surface area contributed by atoms with Crippen LogP contribution in [0.5, 0.6) is 0 Å². The zero-order valence-electron chi connectivity index (χ0n) is 9.76. The zero-order valence-corrected chi connectivity index (χ0v) is 13.7. The molecule has 0 bridgehead atoms. The Kier molecular flexibility index (Phi) is 5.10. The number of benzene rings is 1. The van der Waals surface area contributed by atoms with Gasteiger partial charge in [0.2, 0.25) is 0 Å². The van der Waals surface area contributed by atoms with Gasteiger partial charge in [-0.25, -0.2) is 0 Å². The molecule has 1 saturated carbocycles. The molecule has 1 amide bonds. The van der Waals surface area contributed by atoms with Gasteiger partial charge in [0.05, 0.1) is 5.56 Å². The second kappa shape index (κ2) is 6.40. The van der Waals surface area contributed by atoms with Crippen LogP contribution < -0.4 is 5.32 Å². The smallest absolute Gasteiger partial charge is 0.252 e. The molecule has 0 aliphatic heterocycles. The first kappa shape index (κ1) is 14.4. The van der Waals surface area contributed by atoms with Crippen LogP contribution in [0.3, 0.4) is 0 Å². The highest BCUT2D eigenvalue weighted by Crippen LogP contribution is 2.26. The summed E-state index contributed by atoms with van der Waals surface area (Å²) < 4.78 is 0.731. The molecule has 0 aromatic heterocycles. The lowest BCUT2D eigenvalue weighted by Gasteiger charge is -2.28. The number of carbonyl (C=O) groups excluding carboxylic acids is 1. The predicted molar refractivity (Wildman–Crippen MR) is 81.6 cm³/mol. The average Bonchev–Trinajstić information content (AvgIpc) is 2.32. The van der Waals surface area contributed by atoms with Gasteiger partial charge in [-0.3, -0.25) is 4.79 Å². The second-order valence-corrected chi connectivity index (χ2v) is 6.97. The molecule has 1 aliphatic carbocycles. The molecule has 1 aliphatic rings. The van der Waals surface area contributed by atoms with Gasteiger partial charge in [-0.15, -0.1) is 0 Å². The first-order valence-corrected chi connectivity index (χ1v) is 8.06. The third-order valence-electron chi connectivity index (χ3n) is 3.17. The topological polar surface area (TPSA) is 29.1 Å². The summed E-state index contributed by atoms with van der Waals surface area (Å²) in [6.07, 6.45) is 4.56. The summed E-state index contributed by atoms with van der Waals surface area (Å²) in [7, 11) is 0. The van der Waals surface area contributed by atoms with Gasteiger partial charge in [-0.1, -0.05) is 40.4 Å². The maximum Gasteiger partial charge on any atom is 0.252 e. The molecule has 2 atom stereocenters. The molecule has 5 heteroatoms. The molecular formula is C13H14Br2ClNO. The fourth-order valence-corrected chi connectivity index (χ4v) is 3.75. The van der Waals surface area contributed by atoms with E-state index in [1.807, 2.05) is 0 Å². The number of amides is 1. The van der Waals surface area contributed by atoms with Crippen molar-refractivity contribution < 1.29 is 4.79 Å². The largest absolute Gasteiger partial charge is 0.348 e. The van der Waals surface area contributed by atoms with Gasteiger partial charge in [0.15, 0.2) is 0 Å². The van der Waals surface area contributed by atoms with Crippen molar-refractivity contribution in [1.82, 2.24) is 5.32 Å². The molecule has 2 nitrogen and oxygen atoms in total. The molecule has 2 rings (SSSR count). The van der Waals surface area contributed by atoms with E-state index in [1.54, 1.807) is 18.2 Å². The monoisotopic (exact) mass is 393 g/mol. The summed E-state index contributed by atoms with van der Waals surface area (Å²) in [5, 5.41) is 3.71. The van der Waals surface area contributed by atoms with Crippen LogP contribution >= 0.6 is 43.5 Å². The Hall–Kier alpha value is -0.0600. The Labute approximate surface area is 129 Å². The van der Waals surface area contributed by atoms with Crippen molar-refractivity contribution in [2.45, 2.75) is 36.6 Å². The van der Waals surface area contributed by atoms with Crippen LogP contribution in [0.1, 0.15) is 36.0 Å². The summed E-state index contributed by atoms with van der Waals surface area (Å²) >= 11 is 12.9. The van der Waals surface area contributed by atoms with Crippen LogP contribution in [0.15, 0.2) is 22.7 Å². The van der Waals surface area contributed by atoms with Crippen molar-refractivity contribution in [3.8, 4) is 0 Å². The van der Waals surface area contributed by atoms with Crippen molar-refractivity contribution in [1.29, 1.82) is 0 Å². The van der Waals surface area contributed by atoms with Crippen LogP contribution in [0.4, 0.5) is 0 Å². The Morgan fingerprint density at radius 2 is 2.06 bits per heavy atom.